The molecular weight excluding hydrogens is 344 g/mol. The molecule has 1 amide bonds. The zero-order valence-electron chi connectivity index (χ0n) is 14.7. The van der Waals surface area contributed by atoms with Crippen LogP contribution >= 0.6 is 0 Å². The predicted molar refractivity (Wildman–Crippen MR) is 90.0 cm³/mol. The fraction of sp³-hybridized carbons (Fsp3) is 0.824. The summed E-state index contributed by atoms with van der Waals surface area (Å²) in [6.45, 7) is 2.08. The molecule has 0 spiro atoms. The molecule has 7 nitrogen and oxygen atoms in total. The molecule has 1 aromatic rings. The van der Waals surface area contributed by atoms with Gasteiger partial charge in [-0.15, -0.1) is 0 Å². The monoisotopic (exact) mass is 369 g/mol. The number of anilines is 1. The minimum Gasteiger partial charge on any atom is -0.378 e. The summed E-state index contributed by atoms with van der Waals surface area (Å²) in [6, 6.07) is -1.08. The smallest absolute Gasteiger partial charge is 0.260 e. The zero-order valence-corrected chi connectivity index (χ0v) is 14.7. The zero-order chi connectivity index (χ0) is 18.1. The van der Waals surface area contributed by atoms with Crippen LogP contribution in [0.25, 0.3) is 0 Å². The fourth-order valence-electron chi connectivity index (χ4n) is 4.39. The summed E-state index contributed by atoms with van der Waals surface area (Å²) < 4.78 is 33.8. The molecule has 0 bridgehead atoms. The number of hydrogen-bond donors (Lipinski definition) is 1. The Hall–Kier alpha value is -1.77. The van der Waals surface area contributed by atoms with Crippen LogP contribution in [0, 0.1) is 5.92 Å². The summed E-state index contributed by atoms with van der Waals surface area (Å²) in [7, 11) is 0. The first-order chi connectivity index (χ1) is 12.6. The molecule has 0 unspecified atom stereocenters. The van der Waals surface area contributed by atoms with Crippen LogP contribution in [0.5, 0.6) is 0 Å². The van der Waals surface area contributed by atoms with Gasteiger partial charge in [0, 0.05) is 25.7 Å². The SMILES string of the molecule is O=C(C[C@H]1CCCO1)N1CCC[C@@H]([C@@H]2C[C@H](C(F)F)n3ncnc3N2)C1. The van der Waals surface area contributed by atoms with Gasteiger partial charge in [0.2, 0.25) is 11.9 Å². The van der Waals surface area contributed by atoms with Crippen molar-refractivity contribution in [1.82, 2.24) is 19.7 Å². The van der Waals surface area contributed by atoms with Crippen molar-refractivity contribution in [2.75, 3.05) is 25.0 Å². The molecule has 4 rings (SSSR count). The van der Waals surface area contributed by atoms with Crippen molar-refractivity contribution in [3.8, 4) is 0 Å². The first kappa shape index (κ1) is 17.6. The molecule has 0 radical (unpaired) electrons. The quantitative estimate of drug-likeness (QED) is 0.880. The third kappa shape index (κ3) is 3.54. The minimum atomic E-state index is -2.49. The second-order valence-corrected chi connectivity index (χ2v) is 7.50. The number of carbonyl (C=O) groups is 1. The molecule has 1 aromatic heterocycles. The maximum absolute atomic E-state index is 13.5. The van der Waals surface area contributed by atoms with Gasteiger partial charge in [0.15, 0.2) is 0 Å². The highest BCUT2D eigenvalue weighted by Crippen LogP contribution is 2.35. The number of nitrogens with zero attached hydrogens (tertiary/aromatic N) is 4. The fourth-order valence-corrected chi connectivity index (χ4v) is 4.39. The number of hydrogen-bond acceptors (Lipinski definition) is 5. The van der Waals surface area contributed by atoms with Gasteiger partial charge in [0.1, 0.15) is 12.4 Å². The summed E-state index contributed by atoms with van der Waals surface area (Å²) in [5, 5.41) is 7.18. The molecule has 0 saturated carbocycles. The highest BCUT2D eigenvalue weighted by molar-refractivity contribution is 5.76. The van der Waals surface area contributed by atoms with E-state index in [1.807, 2.05) is 4.90 Å². The number of nitrogens with one attached hydrogen (secondary N) is 1. The Morgan fingerprint density at radius 3 is 3.04 bits per heavy atom. The van der Waals surface area contributed by atoms with E-state index in [9.17, 15) is 13.6 Å². The third-order valence-electron chi connectivity index (χ3n) is 5.79. The Morgan fingerprint density at radius 1 is 1.38 bits per heavy atom. The van der Waals surface area contributed by atoms with Crippen LogP contribution in [0.1, 0.15) is 44.6 Å². The second-order valence-electron chi connectivity index (χ2n) is 7.50. The van der Waals surface area contributed by atoms with Gasteiger partial charge in [-0.25, -0.2) is 13.5 Å². The summed E-state index contributed by atoms with van der Waals surface area (Å²) >= 11 is 0. The molecule has 3 aliphatic heterocycles. The maximum atomic E-state index is 13.5. The Bertz CT molecular complexity index is 634. The van der Waals surface area contributed by atoms with Crippen molar-refractivity contribution in [2.24, 2.45) is 5.92 Å². The van der Waals surface area contributed by atoms with E-state index >= 15 is 0 Å². The van der Waals surface area contributed by atoms with Crippen LogP contribution < -0.4 is 5.32 Å². The number of likely N-dealkylation sites (tertiary alicyclic amines) is 1. The van der Waals surface area contributed by atoms with Crippen molar-refractivity contribution in [3.05, 3.63) is 6.33 Å². The second kappa shape index (κ2) is 7.46. The molecule has 2 fully saturated rings. The van der Waals surface area contributed by atoms with Gasteiger partial charge < -0.3 is 15.0 Å². The van der Waals surface area contributed by atoms with E-state index in [0.717, 1.165) is 38.8 Å². The minimum absolute atomic E-state index is 0.0393. The lowest BCUT2D eigenvalue weighted by atomic mass is 9.86. The number of rotatable bonds is 4. The topological polar surface area (TPSA) is 72.3 Å². The normalized spacial score (nSPS) is 31.7. The van der Waals surface area contributed by atoms with Crippen LogP contribution in [-0.2, 0) is 9.53 Å². The first-order valence-corrected chi connectivity index (χ1v) is 9.45. The van der Waals surface area contributed by atoms with Crippen LogP contribution in [0.15, 0.2) is 6.33 Å². The van der Waals surface area contributed by atoms with Gasteiger partial charge >= 0.3 is 0 Å². The van der Waals surface area contributed by atoms with E-state index in [1.54, 1.807) is 0 Å². The molecule has 2 saturated heterocycles. The number of ether oxygens (including phenoxy) is 1. The number of carbonyl (C=O) groups excluding carboxylic acids is 1. The van der Waals surface area contributed by atoms with Gasteiger partial charge in [0.05, 0.1) is 12.5 Å². The molecule has 4 heterocycles. The number of fused-ring (bicyclic) bond motifs is 1. The van der Waals surface area contributed by atoms with E-state index in [4.69, 9.17) is 4.74 Å². The number of aromatic nitrogens is 3. The van der Waals surface area contributed by atoms with Gasteiger partial charge in [-0.3, -0.25) is 4.79 Å². The van der Waals surface area contributed by atoms with Crippen molar-refractivity contribution >= 4 is 11.9 Å². The lowest BCUT2D eigenvalue weighted by molar-refractivity contribution is -0.135. The average Bonchev–Trinajstić information content (AvgIpc) is 3.32. The summed E-state index contributed by atoms with van der Waals surface area (Å²) in [6.07, 6.45) is 3.36. The Kier molecular flexibility index (Phi) is 5.06. The predicted octanol–water partition coefficient (Wildman–Crippen LogP) is 2.08. The maximum Gasteiger partial charge on any atom is 0.260 e. The molecule has 0 aromatic carbocycles. The Morgan fingerprint density at radius 2 is 2.27 bits per heavy atom. The van der Waals surface area contributed by atoms with Gasteiger partial charge in [-0.1, -0.05) is 0 Å². The lowest BCUT2D eigenvalue weighted by Gasteiger charge is -2.40. The summed E-state index contributed by atoms with van der Waals surface area (Å²) in [5.41, 5.74) is 0. The molecular formula is C17H25F2N5O2. The Balaban J connectivity index is 1.40. The molecule has 9 heteroatoms. The number of piperidine rings is 1. The largest absolute Gasteiger partial charge is 0.378 e. The van der Waals surface area contributed by atoms with E-state index in [1.165, 1.54) is 11.0 Å². The van der Waals surface area contributed by atoms with Crippen LogP contribution in [0.3, 0.4) is 0 Å². The van der Waals surface area contributed by atoms with E-state index in [0.29, 0.717) is 25.3 Å². The van der Waals surface area contributed by atoms with Crippen LogP contribution in [-0.4, -0.2) is 63.8 Å². The Labute approximate surface area is 151 Å². The molecule has 0 aliphatic carbocycles. The number of halogens is 2. The number of amides is 1. The lowest BCUT2D eigenvalue weighted by Crippen LogP contribution is -2.48. The molecule has 26 heavy (non-hydrogen) atoms. The van der Waals surface area contributed by atoms with Crippen molar-refractivity contribution in [2.45, 2.75) is 63.1 Å². The summed E-state index contributed by atoms with van der Waals surface area (Å²) in [4.78, 5) is 18.5. The first-order valence-electron chi connectivity index (χ1n) is 9.45. The van der Waals surface area contributed by atoms with Gasteiger partial charge in [-0.05, 0) is 38.0 Å². The van der Waals surface area contributed by atoms with Gasteiger partial charge in [-0.2, -0.15) is 10.1 Å². The van der Waals surface area contributed by atoms with E-state index < -0.39 is 12.5 Å². The van der Waals surface area contributed by atoms with Crippen molar-refractivity contribution in [1.29, 1.82) is 0 Å². The average molecular weight is 369 g/mol. The van der Waals surface area contributed by atoms with Gasteiger partial charge in [0.25, 0.3) is 6.43 Å². The molecule has 1 N–H and O–H groups in total. The highest BCUT2D eigenvalue weighted by Gasteiger charge is 2.39. The van der Waals surface area contributed by atoms with E-state index in [2.05, 4.69) is 15.4 Å². The van der Waals surface area contributed by atoms with Crippen molar-refractivity contribution < 1.29 is 18.3 Å². The van der Waals surface area contributed by atoms with Crippen LogP contribution in [0.2, 0.25) is 0 Å². The van der Waals surface area contributed by atoms with Crippen LogP contribution in [0.4, 0.5) is 14.7 Å². The highest BCUT2D eigenvalue weighted by atomic mass is 19.3. The van der Waals surface area contributed by atoms with Crippen molar-refractivity contribution in [3.63, 3.8) is 0 Å². The number of alkyl halides is 2. The molecule has 3 aliphatic rings. The third-order valence-corrected chi connectivity index (χ3v) is 5.79. The molecule has 144 valence electrons. The summed E-state index contributed by atoms with van der Waals surface area (Å²) in [5.74, 6) is 0.657. The van der Waals surface area contributed by atoms with E-state index in [-0.39, 0.29) is 24.0 Å². The molecule has 4 atom stereocenters. The standard InChI is InChI=1S/C17H25F2N5O2/c18-16(19)14-8-13(22-17-20-10-21-24(14)17)11-3-1-5-23(9-11)15(25)7-12-4-2-6-26-12/h10-14,16H,1-9H2,(H,20,21,22)/t11-,12-,13+,14-/m1/s1.